The fourth-order valence-electron chi connectivity index (χ4n) is 3.86. The van der Waals surface area contributed by atoms with Crippen molar-refractivity contribution in [1.82, 2.24) is 14.2 Å². The average Bonchev–Trinajstić information content (AvgIpc) is 3.43. The van der Waals surface area contributed by atoms with Crippen molar-refractivity contribution >= 4 is 27.3 Å². The van der Waals surface area contributed by atoms with Gasteiger partial charge in [-0.3, -0.25) is 4.79 Å². The molecule has 0 radical (unpaired) electrons. The molecule has 9 nitrogen and oxygen atoms in total. The van der Waals surface area contributed by atoms with Crippen molar-refractivity contribution in [2.24, 2.45) is 0 Å². The Kier molecular flexibility index (Phi) is 5.63. The highest BCUT2D eigenvalue weighted by molar-refractivity contribution is 7.89. The highest BCUT2D eigenvalue weighted by atomic mass is 32.2. The molecule has 1 saturated heterocycles. The molecule has 0 spiro atoms. The summed E-state index contributed by atoms with van der Waals surface area (Å²) in [6.07, 6.45) is 0. The first-order valence-corrected chi connectivity index (χ1v) is 12.8. The van der Waals surface area contributed by atoms with Crippen LogP contribution in [0, 0.1) is 13.8 Å². The Morgan fingerprint density at radius 1 is 1.00 bits per heavy atom. The lowest BCUT2D eigenvalue weighted by atomic mass is 10.3. The number of rotatable bonds is 4. The molecule has 5 rings (SSSR count). The van der Waals surface area contributed by atoms with Crippen LogP contribution >= 0.6 is 11.3 Å². The summed E-state index contributed by atoms with van der Waals surface area (Å²) in [4.78, 5) is 20.0. The van der Waals surface area contributed by atoms with Gasteiger partial charge in [0.05, 0.1) is 10.6 Å². The molecule has 2 aliphatic rings. The van der Waals surface area contributed by atoms with Crippen LogP contribution < -0.4 is 9.47 Å². The van der Waals surface area contributed by atoms with Gasteiger partial charge in [-0.1, -0.05) is 0 Å². The minimum absolute atomic E-state index is 0.143. The molecule has 0 unspecified atom stereocenters. The van der Waals surface area contributed by atoms with Crippen LogP contribution in [0.25, 0.3) is 10.8 Å². The summed E-state index contributed by atoms with van der Waals surface area (Å²) in [5, 5.41) is 0.656. The Hall–Kier alpha value is -2.89. The van der Waals surface area contributed by atoms with Gasteiger partial charge in [0.2, 0.25) is 10.0 Å². The topological polar surface area (TPSA) is 102 Å². The number of amides is 1. The molecule has 0 saturated carbocycles. The van der Waals surface area contributed by atoms with Gasteiger partial charge in [-0.2, -0.15) is 4.31 Å². The summed E-state index contributed by atoms with van der Waals surface area (Å²) in [5.41, 5.74) is 0.639. The Bertz CT molecular complexity index is 1310. The van der Waals surface area contributed by atoms with E-state index in [1.807, 2.05) is 19.1 Å². The predicted molar refractivity (Wildman–Crippen MR) is 121 cm³/mol. The molecule has 2 aliphatic heterocycles. The summed E-state index contributed by atoms with van der Waals surface area (Å²) >= 11 is 1.29. The molecule has 0 atom stereocenters. The molecule has 174 valence electrons. The first-order chi connectivity index (χ1) is 15.8. The standard InChI is InChI=1S/C22H23N3O6S2/c1-14-3-5-18(31-14)21-23-15(2)20(32-21)22(26)24-7-9-25(10-8-24)33(27,28)16-4-6-17-19(13-16)30-12-11-29-17/h3-6,13H,7-12H2,1-2H3. The number of hydrogen-bond acceptors (Lipinski definition) is 8. The lowest BCUT2D eigenvalue weighted by molar-refractivity contribution is 0.0702. The number of furan rings is 1. The van der Waals surface area contributed by atoms with Gasteiger partial charge in [0.15, 0.2) is 22.3 Å². The number of sulfonamides is 1. The van der Waals surface area contributed by atoms with Crippen molar-refractivity contribution < 1.29 is 27.1 Å². The van der Waals surface area contributed by atoms with Gasteiger partial charge in [0.25, 0.3) is 5.91 Å². The number of aromatic nitrogens is 1. The third-order valence-electron chi connectivity index (χ3n) is 5.62. The quantitative estimate of drug-likeness (QED) is 0.555. The minimum atomic E-state index is -3.71. The van der Waals surface area contributed by atoms with Gasteiger partial charge < -0.3 is 18.8 Å². The van der Waals surface area contributed by atoms with Gasteiger partial charge in [0.1, 0.15) is 23.9 Å². The zero-order valence-electron chi connectivity index (χ0n) is 18.2. The Labute approximate surface area is 195 Å². The summed E-state index contributed by atoms with van der Waals surface area (Å²) in [5.74, 6) is 2.24. The predicted octanol–water partition coefficient (Wildman–Crippen LogP) is 2.94. The van der Waals surface area contributed by atoms with E-state index in [0.717, 1.165) is 5.76 Å². The Morgan fingerprint density at radius 3 is 2.42 bits per heavy atom. The molecule has 0 bridgehead atoms. The van der Waals surface area contributed by atoms with Crippen molar-refractivity contribution in [2.45, 2.75) is 18.7 Å². The van der Waals surface area contributed by atoms with Crippen LogP contribution in [-0.4, -0.2) is 67.9 Å². The molecule has 0 aliphatic carbocycles. The Balaban J connectivity index is 1.28. The molecule has 4 heterocycles. The van der Waals surface area contributed by atoms with Gasteiger partial charge >= 0.3 is 0 Å². The van der Waals surface area contributed by atoms with Gasteiger partial charge in [-0.25, -0.2) is 13.4 Å². The van der Waals surface area contributed by atoms with Crippen LogP contribution in [0.2, 0.25) is 0 Å². The number of carbonyl (C=O) groups is 1. The first kappa shape index (κ1) is 21.9. The number of carbonyl (C=O) groups excluding carboxylic acids is 1. The third-order valence-corrected chi connectivity index (χ3v) is 8.67. The maximum absolute atomic E-state index is 13.1. The zero-order valence-corrected chi connectivity index (χ0v) is 19.9. The van der Waals surface area contributed by atoms with Crippen LogP contribution in [0.4, 0.5) is 0 Å². The third kappa shape index (κ3) is 4.11. The fraction of sp³-hybridized carbons (Fsp3) is 0.364. The summed E-state index contributed by atoms with van der Waals surface area (Å²) in [6.45, 7) is 5.51. The largest absolute Gasteiger partial charge is 0.486 e. The highest BCUT2D eigenvalue weighted by Crippen LogP contribution is 2.34. The van der Waals surface area contributed by atoms with Gasteiger partial charge in [0, 0.05) is 32.2 Å². The lowest BCUT2D eigenvalue weighted by Gasteiger charge is -2.34. The summed E-state index contributed by atoms with van der Waals surface area (Å²) in [7, 11) is -3.71. The van der Waals surface area contributed by atoms with Gasteiger partial charge in [-0.05, 0) is 38.1 Å². The van der Waals surface area contributed by atoms with Crippen LogP contribution in [0.15, 0.2) is 39.6 Å². The van der Waals surface area contributed by atoms with Crippen LogP contribution in [-0.2, 0) is 10.0 Å². The van der Waals surface area contributed by atoms with Crippen molar-refractivity contribution in [3.8, 4) is 22.3 Å². The molecule has 1 aromatic carbocycles. The van der Waals surface area contributed by atoms with Crippen molar-refractivity contribution in [3.05, 3.63) is 46.7 Å². The van der Waals surface area contributed by atoms with Crippen molar-refractivity contribution in [1.29, 1.82) is 0 Å². The maximum atomic E-state index is 13.1. The number of benzene rings is 1. The first-order valence-electron chi connectivity index (χ1n) is 10.6. The van der Waals surface area contributed by atoms with Gasteiger partial charge in [-0.15, -0.1) is 11.3 Å². The smallest absolute Gasteiger partial charge is 0.265 e. The van der Waals surface area contributed by atoms with E-state index in [1.54, 1.807) is 17.9 Å². The van der Waals surface area contributed by atoms with E-state index in [0.29, 0.717) is 59.1 Å². The number of nitrogens with zero attached hydrogens (tertiary/aromatic N) is 3. The molecule has 0 N–H and O–H groups in total. The number of ether oxygens (including phenoxy) is 2. The zero-order chi connectivity index (χ0) is 23.2. The van der Waals surface area contributed by atoms with E-state index in [2.05, 4.69) is 4.98 Å². The van der Waals surface area contributed by atoms with Crippen molar-refractivity contribution in [3.63, 3.8) is 0 Å². The second kappa shape index (κ2) is 8.47. The number of thiazole rings is 1. The number of piperazine rings is 1. The number of fused-ring (bicyclic) bond motifs is 1. The number of aryl methyl sites for hydroxylation is 2. The molecule has 1 fully saturated rings. The molecule has 33 heavy (non-hydrogen) atoms. The van der Waals surface area contributed by atoms with E-state index in [-0.39, 0.29) is 23.9 Å². The SMILES string of the molecule is Cc1ccc(-c2nc(C)c(C(=O)N3CCN(S(=O)(=O)c4ccc5c(c4)OCCO5)CC3)s2)o1. The second-order valence-corrected chi connectivity index (χ2v) is 10.8. The van der Waals surface area contributed by atoms with Crippen molar-refractivity contribution in [2.75, 3.05) is 39.4 Å². The van der Waals surface area contributed by atoms with E-state index < -0.39 is 10.0 Å². The highest BCUT2D eigenvalue weighted by Gasteiger charge is 2.32. The molecule has 11 heteroatoms. The Morgan fingerprint density at radius 2 is 1.73 bits per heavy atom. The fourth-order valence-corrected chi connectivity index (χ4v) is 6.29. The minimum Gasteiger partial charge on any atom is -0.486 e. The lowest BCUT2D eigenvalue weighted by Crippen LogP contribution is -2.50. The monoisotopic (exact) mass is 489 g/mol. The van der Waals surface area contributed by atoms with Crippen LogP contribution in [0.5, 0.6) is 11.5 Å². The molecular weight excluding hydrogens is 466 g/mol. The summed E-state index contributed by atoms with van der Waals surface area (Å²) in [6, 6.07) is 8.34. The van der Waals surface area contributed by atoms with E-state index in [9.17, 15) is 13.2 Å². The van der Waals surface area contributed by atoms with E-state index in [1.165, 1.54) is 27.8 Å². The molecule has 3 aromatic rings. The number of hydrogen-bond donors (Lipinski definition) is 0. The average molecular weight is 490 g/mol. The van der Waals surface area contributed by atoms with E-state index >= 15 is 0 Å². The second-order valence-electron chi connectivity index (χ2n) is 7.85. The van der Waals surface area contributed by atoms with Crippen LogP contribution in [0.3, 0.4) is 0 Å². The van der Waals surface area contributed by atoms with Crippen LogP contribution in [0.1, 0.15) is 21.1 Å². The van der Waals surface area contributed by atoms with E-state index in [4.69, 9.17) is 13.9 Å². The molecular formula is C22H23N3O6S2. The summed E-state index contributed by atoms with van der Waals surface area (Å²) < 4.78 is 44.3. The maximum Gasteiger partial charge on any atom is 0.265 e. The molecule has 2 aromatic heterocycles. The molecule has 1 amide bonds. The normalized spacial score (nSPS) is 16.7.